The molecule has 8 nitrogen and oxygen atoms in total. The third kappa shape index (κ3) is 4.01. The van der Waals surface area contributed by atoms with Gasteiger partial charge >= 0.3 is 6.09 Å². The van der Waals surface area contributed by atoms with Crippen molar-refractivity contribution in [1.82, 2.24) is 24.5 Å². The number of rotatable bonds is 2. The van der Waals surface area contributed by atoms with Gasteiger partial charge in [-0.15, -0.1) is 0 Å². The number of amides is 1. The third-order valence-electron chi connectivity index (χ3n) is 5.05. The fourth-order valence-corrected chi connectivity index (χ4v) is 3.63. The summed E-state index contributed by atoms with van der Waals surface area (Å²) in [6.45, 7) is 6.78. The van der Waals surface area contributed by atoms with Gasteiger partial charge in [-0.2, -0.15) is 9.61 Å². The second-order valence-corrected chi connectivity index (χ2v) is 8.34. The molecule has 0 saturated carbocycles. The number of carbonyl (C=O) groups excluding carboxylic acids is 1. The topological polar surface area (TPSA) is 92.6 Å². The summed E-state index contributed by atoms with van der Waals surface area (Å²) in [6, 6.07) is 7.25. The first-order chi connectivity index (χ1) is 13.8. The molecule has 0 bridgehead atoms. The number of fused-ring (bicyclic) bond motifs is 1. The van der Waals surface area contributed by atoms with Gasteiger partial charge in [0.1, 0.15) is 11.2 Å². The minimum absolute atomic E-state index is 0.165. The van der Waals surface area contributed by atoms with Crippen LogP contribution in [0.3, 0.4) is 0 Å². The maximum Gasteiger partial charge on any atom is 0.410 e. The molecular weight excluding hydrogens is 370 g/mol. The van der Waals surface area contributed by atoms with Crippen molar-refractivity contribution in [2.24, 2.45) is 0 Å². The fourth-order valence-electron chi connectivity index (χ4n) is 3.63. The first-order valence-electron chi connectivity index (χ1n) is 9.82. The molecule has 0 atom stereocenters. The van der Waals surface area contributed by atoms with E-state index in [2.05, 4.69) is 15.1 Å². The van der Waals surface area contributed by atoms with Crippen LogP contribution in [-0.2, 0) is 4.74 Å². The van der Waals surface area contributed by atoms with Crippen molar-refractivity contribution in [1.29, 1.82) is 0 Å². The standard InChI is InChI=1S/C21H25N5O3/c1-21(2,3)29-20(28)25-10-7-14(8-11-25)17-12-18(27)26-19(24-17)15(13-23-26)16-6-4-5-9-22-16/h4-6,9,12-14,24H,7-8,10-11H2,1-3H3. The number of hydrogen-bond acceptors (Lipinski definition) is 5. The molecule has 1 aliphatic rings. The number of H-pyrrole nitrogens is 1. The molecule has 4 rings (SSSR count). The number of aromatic amines is 1. The highest BCUT2D eigenvalue weighted by Gasteiger charge is 2.28. The molecule has 1 aliphatic heterocycles. The fraction of sp³-hybridized carbons (Fsp3) is 0.429. The molecule has 1 saturated heterocycles. The Morgan fingerprint density at radius 1 is 1.24 bits per heavy atom. The van der Waals surface area contributed by atoms with Crippen molar-refractivity contribution >= 4 is 11.7 Å². The molecule has 29 heavy (non-hydrogen) atoms. The van der Waals surface area contributed by atoms with Gasteiger partial charge < -0.3 is 14.6 Å². The van der Waals surface area contributed by atoms with E-state index in [1.54, 1.807) is 23.4 Å². The Kier molecular flexibility index (Phi) is 4.86. The number of hydrogen-bond donors (Lipinski definition) is 1. The van der Waals surface area contributed by atoms with Gasteiger partial charge in [0.2, 0.25) is 0 Å². The molecule has 1 amide bonds. The Morgan fingerprint density at radius 3 is 2.66 bits per heavy atom. The average Bonchev–Trinajstić information content (AvgIpc) is 3.12. The summed E-state index contributed by atoms with van der Waals surface area (Å²) in [5.74, 6) is 0.165. The molecule has 8 heteroatoms. The summed E-state index contributed by atoms with van der Waals surface area (Å²) in [4.78, 5) is 34.4. The van der Waals surface area contributed by atoms with Gasteiger partial charge in [-0.05, 0) is 45.7 Å². The molecule has 1 N–H and O–H groups in total. The number of nitrogens with one attached hydrogen (secondary N) is 1. The SMILES string of the molecule is CC(C)(C)OC(=O)N1CCC(c2cc(=O)n3ncc(-c4ccccn4)c3[nH]2)CC1. The van der Waals surface area contributed by atoms with Crippen molar-refractivity contribution in [3.63, 3.8) is 0 Å². The van der Waals surface area contributed by atoms with E-state index in [0.29, 0.717) is 18.7 Å². The van der Waals surface area contributed by atoms with Gasteiger partial charge in [0, 0.05) is 37.0 Å². The molecule has 0 radical (unpaired) electrons. The number of aromatic nitrogens is 4. The quantitative estimate of drug-likeness (QED) is 0.719. The Morgan fingerprint density at radius 2 is 2.00 bits per heavy atom. The van der Waals surface area contributed by atoms with Gasteiger partial charge in [-0.1, -0.05) is 6.07 Å². The molecule has 3 aromatic rings. The monoisotopic (exact) mass is 395 g/mol. The Balaban J connectivity index is 1.56. The zero-order valence-corrected chi connectivity index (χ0v) is 16.9. The van der Waals surface area contributed by atoms with Gasteiger partial charge in [-0.25, -0.2) is 4.79 Å². The molecule has 0 spiro atoms. The lowest BCUT2D eigenvalue weighted by Crippen LogP contribution is -2.41. The number of piperidine rings is 1. The average molecular weight is 395 g/mol. The molecule has 0 aliphatic carbocycles. The van der Waals surface area contributed by atoms with Crippen molar-refractivity contribution < 1.29 is 9.53 Å². The zero-order valence-electron chi connectivity index (χ0n) is 16.9. The molecule has 152 valence electrons. The predicted octanol–water partition coefficient (Wildman–Crippen LogP) is 3.20. The van der Waals surface area contributed by atoms with Crippen LogP contribution in [0.5, 0.6) is 0 Å². The summed E-state index contributed by atoms with van der Waals surface area (Å²) >= 11 is 0. The van der Waals surface area contributed by atoms with Crippen LogP contribution in [-0.4, -0.2) is 49.3 Å². The number of ether oxygens (including phenoxy) is 1. The minimum Gasteiger partial charge on any atom is -0.444 e. The Bertz CT molecular complexity index is 1070. The summed E-state index contributed by atoms with van der Waals surface area (Å²) in [5.41, 5.74) is 2.37. The molecule has 0 aromatic carbocycles. The van der Waals surface area contributed by atoms with Crippen LogP contribution >= 0.6 is 0 Å². The van der Waals surface area contributed by atoms with Crippen LogP contribution in [0.15, 0.2) is 41.5 Å². The Hall–Kier alpha value is -3.16. The highest BCUT2D eigenvalue weighted by Crippen LogP contribution is 2.28. The lowest BCUT2D eigenvalue weighted by molar-refractivity contribution is 0.0204. The van der Waals surface area contributed by atoms with E-state index in [4.69, 9.17) is 4.74 Å². The Labute approximate surface area is 168 Å². The number of nitrogens with zero attached hydrogens (tertiary/aromatic N) is 4. The number of carbonyl (C=O) groups is 1. The van der Waals surface area contributed by atoms with Crippen LogP contribution in [0.4, 0.5) is 4.79 Å². The first kappa shape index (κ1) is 19.2. The number of pyridine rings is 1. The van der Waals surface area contributed by atoms with Crippen molar-refractivity contribution in [2.75, 3.05) is 13.1 Å². The van der Waals surface area contributed by atoms with E-state index < -0.39 is 5.60 Å². The normalized spacial score (nSPS) is 15.6. The van der Waals surface area contributed by atoms with E-state index in [1.807, 2.05) is 39.0 Å². The van der Waals surface area contributed by atoms with Crippen LogP contribution in [0.25, 0.3) is 16.9 Å². The van der Waals surface area contributed by atoms with E-state index in [0.717, 1.165) is 29.8 Å². The van der Waals surface area contributed by atoms with Gasteiger partial charge in [0.25, 0.3) is 5.56 Å². The van der Waals surface area contributed by atoms with Crippen LogP contribution < -0.4 is 5.56 Å². The van der Waals surface area contributed by atoms with Crippen LogP contribution in [0.2, 0.25) is 0 Å². The maximum atomic E-state index is 12.6. The predicted molar refractivity (Wildman–Crippen MR) is 109 cm³/mol. The van der Waals surface area contributed by atoms with Crippen molar-refractivity contribution in [3.05, 3.63) is 52.7 Å². The molecule has 4 heterocycles. The van der Waals surface area contributed by atoms with Gasteiger partial charge in [0.15, 0.2) is 0 Å². The smallest absolute Gasteiger partial charge is 0.410 e. The summed E-state index contributed by atoms with van der Waals surface area (Å²) in [7, 11) is 0. The van der Waals surface area contributed by atoms with Crippen LogP contribution in [0.1, 0.15) is 45.2 Å². The summed E-state index contributed by atoms with van der Waals surface area (Å²) in [6.07, 6.45) is 4.61. The molecule has 1 fully saturated rings. The zero-order chi connectivity index (χ0) is 20.6. The second-order valence-electron chi connectivity index (χ2n) is 8.34. The first-order valence-corrected chi connectivity index (χ1v) is 9.82. The summed E-state index contributed by atoms with van der Waals surface area (Å²) in [5, 5.41) is 4.21. The molecule has 3 aromatic heterocycles. The number of likely N-dealkylation sites (tertiary alicyclic amines) is 1. The highest BCUT2D eigenvalue weighted by atomic mass is 16.6. The largest absolute Gasteiger partial charge is 0.444 e. The van der Waals surface area contributed by atoms with Crippen molar-refractivity contribution in [3.8, 4) is 11.3 Å². The van der Waals surface area contributed by atoms with E-state index >= 15 is 0 Å². The third-order valence-corrected chi connectivity index (χ3v) is 5.05. The van der Waals surface area contributed by atoms with Crippen LogP contribution in [0, 0.1) is 0 Å². The van der Waals surface area contributed by atoms with E-state index in [-0.39, 0.29) is 17.6 Å². The maximum absolute atomic E-state index is 12.6. The summed E-state index contributed by atoms with van der Waals surface area (Å²) < 4.78 is 6.82. The highest BCUT2D eigenvalue weighted by molar-refractivity contribution is 5.74. The lowest BCUT2D eigenvalue weighted by atomic mass is 9.93. The minimum atomic E-state index is -0.506. The molecular formula is C21H25N5O3. The second kappa shape index (κ2) is 7.35. The lowest BCUT2D eigenvalue weighted by Gasteiger charge is -2.33. The van der Waals surface area contributed by atoms with E-state index in [1.165, 1.54) is 4.52 Å². The van der Waals surface area contributed by atoms with Gasteiger partial charge in [0.05, 0.1) is 17.5 Å². The molecule has 0 unspecified atom stereocenters. The van der Waals surface area contributed by atoms with E-state index in [9.17, 15) is 9.59 Å². The van der Waals surface area contributed by atoms with Gasteiger partial charge in [-0.3, -0.25) is 9.78 Å². The van der Waals surface area contributed by atoms with Crippen molar-refractivity contribution in [2.45, 2.75) is 45.1 Å².